The van der Waals surface area contributed by atoms with Crippen molar-refractivity contribution in [3.05, 3.63) is 46.9 Å². The molecule has 1 aromatic carbocycles. The number of rotatable bonds is 3. The molecule has 1 amide bonds. The monoisotopic (exact) mass is 307 g/mol. The molecule has 112 valence electrons. The topological polar surface area (TPSA) is 51.5 Å². The predicted octanol–water partition coefficient (Wildman–Crippen LogP) is 4.49. The zero-order chi connectivity index (χ0) is 15.6. The van der Waals surface area contributed by atoms with Crippen LogP contribution in [0.1, 0.15) is 36.7 Å². The molecule has 5 heteroatoms. The molecule has 0 saturated carbocycles. The normalized spacial score (nSPS) is 11.3. The lowest BCUT2D eigenvalue weighted by Crippen LogP contribution is -2.15. The summed E-state index contributed by atoms with van der Waals surface area (Å²) in [5.41, 5.74) is 1.96. The van der Waals surface area contributed by atoms with Gasteiger partial charge >= 0.3 is 0 Å². The van der Waals surface area contributed by atoms with Crippen LogP contribution in [0.3, 0.4) is 0 Å². The number of amides is 1. The Balaban J connectivity index is 2.34. The number of benzene rings is 1. The third-order valence-electron chi connectivity index (χ3n) is 3.18. The fourth-order valence-corrected chi connectivity index (χ4v) is 2.12. The number of anilines is 1. The largest absolute Gasteiger partial charge is 0.495 e. The minimum atomic E-state index is -0.335. The highest BCUT2D eigenvalue weighted by Gasteiger charge is 2.19. The van der Waals surface area contributed by atoms with Crippen molar-refractivity contribution in [1.29, 1.82) is 0 Å². The number of nitrogens with one attached hydrogen (secondary N) is 1. The molecule has 0 aliphatic rings. The summed E-state index contributed by atoms with van der Waals surface area (Å²) in [6.07, 6.45) is 1.38. The molecule has 21 heavy (non-hydrogen) atoms. The Morgan fingerprint density at radius 2 is 2.00 bits per heavy atom. The summed E-state index contributed by atoms with van der Waals surface area (Å²) in [6.45, 7) is 6.31. The minimum Gasteiger partial charge on any atom is -0.495 e. The molecule has 2 rings (SSSR count). The van der Waals surface area contributed by atoms with Crippen molar-refractivity contribution in [3.8, 4) is 5.75 Å². The van der Waals surface area contributed by atoms with Gasteiger partial charge in [0.25, 0.3) is 5.91 Å². The third kappa shape index (κ3) is 3.39. The van der Waals surface area contributed by atoms with Crippen LogP contribution < -0.4 is 10.1 Å². The Bertz CT molecular complexity index is 656. The van der Waals surface area contributed by atoms with Gasteiger partial charge in [-0.15, -0.1) is 0 Å². The fourth-order valence-electron chi connectivity index (χ4n) is 1.92. The lowest BCUT2D eigenvalue weighted by Gasteiger charge is -2.21. The van der Waals surface area contributed by atoms with E-state index in [1.807, 2.05) is 18.2 Å². The number of hydrogen-bond donors (Lipinski definition) is 1. The van der Waals surface area contributed by atoms with E-state index in [-0.39, 0.29) is 16.5 Å². The Morgan fingerprint density at radius 1 is 1.29 bits per heavy atom. The van der Waals surface area contributed by atoms with E-state index >= 15 is 0 Å². The molecule has 0 aliphatic carbocycles. The van der Waals surface area contributed by atoms with Gasteiger partial charge in [-0.2, -0.15) is 0 Å². The van der Waals surface area contributed by atoms with Gasteiger partial charge in [0.05, 0.1) is 24.6 Å². The quantitative estimate of drug-likeness (QED) is 0.909. The van der Waals surface area contributed by atoms with Crippen LogP contribution in [-0.4, -0.2) is 13.0 Å². The molecule has 0 saturated heterocycles. The number of carbonyl (C=O) groups excluding carboxylic acids is 1. The highest BCUT2D eigenvalue weighted by atomic mass is 35.5. The molecule has 1 N–H and O–H groups in total. The van der Waals surface area contributed by atoms with E-state index in [9.17, 15) is 4.79 Å². The number of ether oxygens (including phenoxy) is 1. The molecule has 1 heterocycles. The molecule has 4 nitrogen and oxygen atoms in total. The van der Waals surface area contributed by atoms with Crippen molar-refractivity contribution >= 4 is 23.2 Å². The second kappa shape index (κ2) is 5.82. The van der Waals surface area contributed by atoms with E-state index in [0.717, 1.165) is 5.56 Å². The summed E-state index contributed by atoms with van der Waals surface area (Å²) in [4.78, 5) is 12.2. The van der Waals surface area contributed by atoms with Gasteiger partial charge in [-0.25, -0.2) is 0 Å². The Kier molecular flexibility index (Phi) is 4.28. The van der Waals surface area contributed by atoms with E-state index in [1.54, 1.807) is 7.11 Å². The van der Waals surface area contributed by atoms with Gasteiger partial charge in [-0.1, -0.05) is 26.8 Å². The van der Waals surface area contributed by atoms with Crippen LogP contribution in [0, 0.1) is 0 Å². The summed E-state index contributed by atoms with van der Waals surface area (Å²) in [5, 5.41) is 2.88. The van der Waals surface area contributed by atoms with E-state index in [4.69, 9.17) is 20.8 Å². The second-order valence-corrected chi connectivity index (χ2v) is 6.07. The van der Waals surface area contributed by atoms with Gasteiger partial charge in [0, 0.05) is 0 Å². The number of carbonyl (C=O) groups is 1. The fraction of sp³-hybridized carbons (Fsp3) is 0.312. The molecule has 0 unspecified atom stereocenters. The number of furan rings is 1. The van der Waals surface area contributed by atoms with E-state index in [0.29, 0.717) is 17.0 Å². The summed E-state index contributed by atoms with van der Waals surface area (Å²) >= 11 is 5.82. The van der Waals surface area contributed by atoms with Crippen molar-refractivity contribution in [2.45, 2.75) is 26.2 Å². The van der Waals surface area contributed by atoms with Crippen molar-refractivity contribution in [2.24, 2.45) is 0 Å². The maximum Gasteiger partial charge on any atom is 0.260 e. The van der Waals surface area contributed by atoms with Crippen LogP contribution in [0.15, 0.2) is 34.9 Å². The third-order valence-corrected chi connectivity index (χ3v) is 3.47. The van der Waals surface area contributed by atoms with Gasteiger partial charge < -0.3 is 14.5 Å². The van der Waals surface area contributed by atoms with E-state index in [1.165, 1.54) is 12.3 Å². The molecule has 2 aromatic rings. The van der Waals surface area contributed by atoms with Gasteiger partial charge in [-0.3, -0.25) is 4.79 Å². The first-order chi connectivity index (χ1) is 9.82. The molecule has 0 spiro atoms. The molecular weight excluding hydrogens is 290 g/mol. The average Bonchev–Trinajstić information content (AvgIpc) is 2.84. The van der Waals surface area contributed by atoms with E-state index in [2.05, 4.69) is 26.1 Å². The van der Waals surface area contributed by atoms with Crippen molar-refractivity contribution < 1.29 is 13.9 Å². The van der Waals surface area contributed by atoms with Crippen molar-refractivity contribution in [2.75, 3.05) is 12.4 Å². The first-order valence-electron chi connectivity index (χ1n) is 6.56. The highest BCUT2D eigenvalue weighted by Crippen LogP contribution is 2.32. The summed E-state index contributed by atoms with van der Waals surface area (Å²) in [7, 11) is 1.56. The molecule has 0 aliphatic heterocycles. The number of hydrogen-bond acceptors (Lipinski definition) is 3. The molecular formula is C16H18ClNO3. The highest BCUT2D eigenvalue weighted by molar-refractivity contribution is 6.32. The van der Waals surface area contributed by atoms with Crippen LogP contribution >= 0.6 is 11.6 Å². The predicted molar refractivity (Wildman–Crippen MR) is 83.4 cm³/mol. The SMILES string of the molecule is COc1ccc(C(C)(C)C)cc1NC(=O)c1ccoc1Cl. The molecule has 1 aromatic heterocycles. The molecule has 0 fully saturated rings. The summed E-state index contributed by atoms with van der Waals surface area (Å²) in [5.74, 6) is 0.258. The first kappa shape index (κ1) is 15.4. The summed E-state index contributed by atoms with van der Waals surface area (Å²) < 4.78 is 10.2. The molecule has 0 radical (unpaired) electrons. The van der Waals surface area contributed by atoms with Gasteiger partial charge in [-0.05, 0) is 40.8 Å². The van der Waals surface area contributed by atoms with Crippen LogP contribution in [0.25, 0.3) is 0 Å². The number of methoxy groups -OCH3 is 1. The lowest BCUT2D eigenvalue weighted by molar-refractivity contribution is 0.102. The average molecular weight is 308 g/mol. The maximum atomic E-state index is 12.2. The van der Waals surface area contributed by atoms with E-state index < -0.39 is 0 Å². The van der Waals surface area contributed by atoms with Gasteiger partial charge in [0.2, 0.25) is 5.22 Å². The number of halogens is 1. The maximum absolute atomic E-state index is 12.2. The Hall–Kier alpha value is -1.94. The minimum absolute atomic E-state index is 0.0287. The van der Waals surface area contributed by atoms with Crippen LogP contribution in [0.5, 0.6) is 5.75 Å². The zero-order valence-electron chi connectivity index (χ0n) is 12.5. The molecule has 0 atom stereocenters. The smallest absolute Gasteiger partial charge is 0.260 e. The van der Waals surface area contributed by atoms with Crippen LogP contribution in [0.2, 0.25) is 5.22 Å². The van der Waals surface area contributed by atoms with Crippen molar-refractivity contribution in [1.82, 2.24) is 0 Å². The zero-order valence-corrected chi connectivity index (χ0v) is 13.2. The van der Waals surface area contributed by atoms with Crippen LogP contribution in [-0.2, 0) is 5.41 Å². The Labute approximate surface area is 129 Å². The first-order valence-corrected chi connectivity index (χ1v) is 6.93. The van der Waals surface area contributed by atoms with Crippen LogP contribution in [0.4, 0.5) is 5.69 Å². The van der Waals surface area contributed by atoms with Crippen molar-refractivity contribution in [3.63, 3.8) is 0 Å². The van der Waals surface area contributed by atoms with Gasteiger partial charge in [0.15, 0.2) is 0 Å². The summed E-state index contributed by atoms with van der Waals surface area (Å²) in [6, 6.07) is 7.26. The second-order valence-electron chi connectivity index (χ2n) is 5.73. The standard InChI is InChI=1S/C16H18ClNO3/c1-16(2,3)10-5-6-13(20-4)12(9-10)18-15(19)11-7-8-21-14(11)17/h5-9H,1-4H3,(H,18,19). The molecule has 0 bridgehead atoms. The Morgan fingerprint density at radius 3 is 2.52 bits per heavy atom. The lowest BCUT2D eigenvalue weighted by atomic mass is 9.87. The van der Waals surface area contributed by atoms with Gasteiger partial charge in [0.1, 0.15) is 5.75 Å².